The second kappa shape index (κ2) is 41.0. The molecule has 12 unspecified atom stereocenters. The second-order valence-corrected chi connectivity index (χ2v) is 18.6. The van der Waals surface area contributed by atoms with Crippen molar-refractivity contribution in [3.63, 3.8) is 0 Å². The number of aliphatic hydroxyl groups excluding tert-OH is 8. The molecule has 1 amide bonds. The molecule has 0 radical (unpaired) electrons. The minimum Gasteiger partial charge on any atom is -0.394 e. The summed E-state index contributed by atoms with van der Waals surface area (Å²) in [6, 6.07) is -0.941. The fraction of sp³-hybridized carbons (Fsp3) is 0.764. The topological polar surface area (TPSA) is 228 Å². The van der Waals surface area contributed by atoms with Gasteiger partial charge < -0.3 is 65.1 Å². The van der Waals surface area contributed by atoms with Crippen LogP contribution in [0.4, 0.5) is 0 Å². The Bertz CT molecular complexity index is 1430. The first kappa shape index (κ1) is 62.5. The van der Waals surface area contributed by atoms with E-state index in [-0.39, 0.29) is 18.9 Å². The lowest BCUT2D eigenvalue weighted by Gasteiger charge is -2.46. The standard InChI is InChI=1S/C55H95NO13/c1-3-5-7-9-11-13-15-16-17-18-19-20-21-22-23-24-25-26-27-28-29-31-33-35-37-39-47(60)56-43(44(59)38-36-34-32-30-14-12-10-8-6-4-2)42-66-54-52(65)50(63)53(46(41-58)68-54)69-55-51(64)49(62)48(61)45(40-57)67-55/h6,8,14-16,18-19,21-22,30,36,38,43-46,48-55,57-59,61-65H,3-5,7,9-13,17,20,23-29,31-35,37,39-42H2,1-2H3,(H,56,60)/b8-6+,16-15-,19-18-,22-21-,30-14+,38-36+. The molecule has 0 aromatic carbocycles. The van der Waals surface area contributed by atoms with Crippen LogP contribution < -0.4 is 5.32 Å². The molecule has 2 heterocycles. The van der Waals surface area contributed by atoms with Crippen LogP contribution in [0.2, 0.25) is 0 Å². The average Bonchev–Trinajstić information content (AvgIpc) is 3.35. The molecular formula is C55H95NO13. The molecule has 14 heteroatoms. The van der Waals surface area contributed by atoms with E-state index in [9.17, 15) is 45.6 Å². The van der Waals surface area contributed by atoms with Gasteiger partial charge in [0.15, 0.2) is 12.6 Å². The van der Waals surface area contributed by atoms with Crippen molar-refractivity contribution in [3.05, 3.63) is 72.9 Å². The summed E-state index contributed by atoms with van der Waals surface area (Å²) in [7, 11) is 0. The van der Waals surface area contributed by atoms with Crippen LogP contribution in [0, 0.1) is 0 Å². The lowest BCUT2D eigenvalue weighted by molar-refractivity contribution is -0.359. The molecule has 398 valence electrons. The Balaban J connectivity index is 1.75. The largest absolute Gasteiger partial charge is 0.394 e. The number of carbonyl (C=O) groups excluding carboxylic acids is 1. The maximum atomic E-state index is 13.2. The van der Waals surface area contributed by atoms with Gasteiger partial charge in [-0.25, -0.2) is 0 Å². The number of ether oxygens (including phenoxy) is 4. The van der Waals surface area contributed by atoms with Crippen LogP contribution in [0.25, 0.3) is 0 Å². The van der Waals surface area contributed by atoms with Crippen LogP contribution in [-0.4, -0.2) is 140 Å². The normalized spacial score (nSPS) is 26.8. The highest BCUT2D eigenvalue weighted by molar-refractivity contribution is 5.76. The van der Waals surface area contributed by atoms with E-state index in [1.807, 2.05) is 6.08 Å². The molecule has 0 aliphatic carbocycles. The Hall–Kier alpha value is -2.57. The summed E-state index contributed by atoms with van der Waals surface area (Å²) in [6.07, 6.45) is 35.4. The van der Waals surface area contributed by atoms with Gasteiger partial charge in [0.1, 0.15) is 48.8 Å². The molecule has 2 aliphatic rings. The Kier molecular flexibility index (Phi) is 37.1. The third kappa shape index (κ3) is 27.7. The van der Waals surface area contributed by atoms with E-state index in [0.29, 0.717) is 12.8 Å². The third-order valence-corrected chi connectivity index (χ3v) is 12.6. The van der Waals surface area contributed by atoms with Gasteiger partial charge in [-0.15, -0.1) is 0 Å². The van der Waals surface area contributed by atoms with Crippen molar-refractivity contribution in [2.24, 2.45) is 0 Å². The number of hydrogen-bond donors (Lipinski definition) is 9. The summed E-state index contributed by atoms with van der Waals surface area (Å²) in [5.41, 5.74) is 0. The van der Waals surface area contributed by atoms with Gasteiger partial charge in [-0.1, -0.05) is 164 Å². The van der Waals surface area contributed by atoms with Gasteiger partial charge in [0, 0.05) is 6.42 Å². The van der Waals surface area contributed by atoms with Crippen molar-refractivity contribution in [2.75, 3.05) is 19.8 Å². The van der Waals surface area contributed by atoms with Crippen molar-refractivity contribution >= 4 is 5.91 Å². The maximum Gasteiger partial charge on any atom is 0.220 e. The van der Waals surface area contributed by atoms with Crippen LogP contribution >= 0.6 is 0 Å². The van der Waals surface area contributed by atoms with Crippen molar-refractivity contribution < 1.29 is 64.6 Å². The second-order valence-electron chi connectivity index (χ2n) is 18.6. The molecular weight excluding hydrogens is 883 g/mol. The number of hydrogen-bond acceptors (Lipinski definition) is 13. The fourth-order valence-electron chi connectivity index (χ4n) is 8.28. The smallest absolute Gasteiger partial charge is 0.220 e. The molecule has 69 heavy (non-hydrogen) atoms. The molecule has 9 N–H and O–H groups in total. The predicted molar refractivity (Wildman–Crippen MR) is 272 cm³/mol. The Morgan fingerprint density at radius 1 is 0.536 bits per heavy atom. The highest BCUT2D eigenvalue weighted by Crippen LogP contribution is 2.30. The van der Waals surface area contributed by atoms with Crippen LogP contribution in [0.15, 0.2) is 72.9 Å². The molecule has 0 spiro atoms. The van der Waals surface area contributed by atoms with E-state index in [4.69, 9.17) is 18.9 Å². The Morgan fingerprint density at radius 3 is 1.58 bits per heavy atom. The van der Waals surface area contributed by atoms with Gasteiger partial charge in [-0.3, -0.25) is 4.79 Å². The van der Waals surface area contributed by atoms with Crippen LogP contribution in [0.3, 0.4) is 0 Å². The van der Waals surface area contributed by atoms with Crippen molar-refractivity contribution in [1.82, 2.24) is 5.32 Å². The van der Waals surface area contributed by atoms with Crippen LogP contribution in [-0.2, 0) is 23.7 Å². The molecule has 2 rings (SSSR count). The van der Waals surface area contributed by atoms with Gasteiger partial charge in [0.2, 0.25) is 5.91 Å². The number of unbranched alkanes of at least 4 members (excludes halogenated alkanes) is 17. The van der Waals surface area contributed by atoms with E-state index in [1.165, 1.54) is 77.0 Å². The highest BCUT2D eigenvalue weighted by atomic mass is 16.7. The first-order valence-corrected chi connectivity index (χ1v) is 26.7. The number of amides is 1. The lowest BCUT2D eigenvalue weighted by atomic mass is 9.97. The molecule has 0 bridgehead atoms. The monoisotopic (exact) mass is 978 g/mol. The summed E-state index contributed by atoms with van der Waals surface area (Å²) in [5.74, 6) is -0.264. The first-order valence-electron chi connectivity index (χ1n) is 26.7. The van der Waals surface area contributed by atoms with Crippen LogP contribution in [0.5, 0.6) is 0 Å². The molecule has 0 aromatic rings. The molecule has 2 aliphatic heterocycles. The van der Waals surface area contributed by atoms with Crippen molar-refractivity contribution in [2.45, 2.75) is 248 Å². The SMILES string of the molecule is CC/C=C/CC/C=C/CC/C=C/C(O)C(COC1OC(CO)C(OC2OC(CO)C(O)C(O)C2O)C(O)C1O)NC(=O)CCCCCCCCCCCC/C=C\C/C=C\C/C=C\CCCCCCC. The molecule has 14 nitrogen and oxygen atoms in total. The van der Waals surface area contributed by atoms with Gasteiger partial charge in [-0.2, -0.15) is 0 Å². The molecule has 2 saturated heterocycles. The summed E-state index contributed by atoms with van der Waals surface area (Å²) in [6.45, 7) is 2.60. The Morgan fingerprint density at radius 2 is 1.01 bits per heavy atom. The summed E-state index contributed by atoms with van der Waals surface area (Å²) in [4.78, 5) is 13.2. The molecule has 12 atom stereocenters. The minimum atomic E-state index is -1.79. The number of nitrogens with one attached hydrogen (secondary N) is 1. The van der Waals surface area contributed by atoms with E-state index >= 15 is 0 Å². The van der Waals surface area contributed by atoms with Crippen LogP contribution in [0.1, 0.15) is 174 Å². The van der Waals surface area contributed by atoms with E-state index in [2.05, 4.69) is 79.9 Å². The summed E-state index contributed by atoms with van der Waals surface area (Å²) < 4.78 is 22.6. The van der Waals surface area contributed by atoms with Crippen molar-refractivity contribution in [1.29, 1.82) is 0 Å². The number of rotatable bonds is 40. The summed E-state index contributed by atoms with van der Waals surface area (Å²) >= 11 is 0. The van der Waals surface area contributed by atoms with Gasteiger partial charge in [-0.05, 0) is 77.0 Å². The number of carbonyl (C=O) groups is 1. The van der Waals surface area contributed by atoms with E-state index in [0.717, 1.165) is 64.2 Å². The number of aliphatic hydroxyl groups is 8. The average molecular weight is 978 g/mol. The minimum absolute atomic E-state index is 0.261. The zero-order valence-electron chi connectivity index (χ0n) is 42.3. The molecule has 2 fully saturated rings. The molecule has 0 saturated carbocycles. The van der Waals surface area contributed by atoms with Gasteiger partial charge in [0.25, 0.3) is 0 Å². The first-order chi connectivity index (χ1) is 33.6. The highest BCUT2D eigenvalue weighted by Gasteiger charge is 2.51. The zero-order chi connectivity index (χ0) is 50.3. The zero-order valence-corrected chi connectivity index (χ0v) is 42.3. The third-order valence-electron chi connectivity index (χ3n) is 12.6. The quantitative estimate of drug-likeness (QED) is 0.0213. The van der Waals surface area contributed by atoms with Crippen molar-refractivity contribution in [3.8, 4) is 0 Å². The number of allylic oxidation sites excluding steroid dienone is 11. The predicted octanol–water partition coefficient (Wildman–Crippen LogP) is 7.60. The lowest BCUT2D eigenvalue weighted by Crippen LogP contribution is -2.65. The fourth-order valence-corrected chi connectivity index (χ4v) is 8.28. The molecule has 0 aromatic heterocycles. The Labute approximate surface area is 415 Å². The van der Waals surface area contributed by atoms with E-state index in [1.54, 1.807) is 6.08 Å². The summed E-state index contributed by atoms with van der Waals surface area (Å²) in [5, 5.41) is 86.6. The van der Waals surface area contributed by atoms with E-state index < -0.39 is 86.8 Å². The van der Waals surface area contributed by atoms with Gasteiger partial charge >= 0.3 is 0 Å². The maximum absolute atomic E-state index is 13.2. The van der Waals surface area contributed by atoms with Gasteiger partial charge in [0.05, 0.1) is 32.0 Å².